The van der Waals surface area contributed by atoms with Gasteiger partial charge in [-0.25, -0.2) is 14.6 Å². The molecule has 0 atom stereocenters. The molecule has 0 saturated carbocycles. The van der Waals surface area contributed by atoms with E-state index in [1.54, 1.807) is 25.0 Å². The molecule has 9 nitrogen and oxygen atoms in total. The first kappa shape index (κ1) is 16.7. The number of ether oxygens (including phenoxy) is 2. The van der Waals surface area contributed by atoms with Gasteiger partial charge in [-0.15, -0.1) is 5.10 Å². The van der Waals surface area contributed by atoms with Gasteiger partial charge in [-0.3, -0.25) is 0 Å². The maximum atomic E-state index is 5.86. The summed E-state index contributed by atoms with van der Waals surface area (Å²) < 4.78 is 12.4. The van der Waals surface area contributed by atoms with E-state index in [1.807, 2.05) is 30.3 Å². The Bertz CT molecular complexity index is 1110. The molecular formula is C18H17N7O2. The van der Waals surface area contributed by atoms with E-state index in [1.165, 1.54) is 6.33 Å². The first-order chi connectivity index (χ1) is 13.2. The molecule has 9 heteroatoms. The second kappa shape index (κ2) is 6.87. The summed E-state index contributed by atoms with van der Waals surface area (Å²) in [6.07, 6.45) is 1.48. The van der Waals surface area contributed by atoms with Crippen LogP contribution in [0.25, 0.3) is 22.4 Å². The van der Waals surface area contributed by atoms with Crippen LogP contribution in [-0.2, 0) is 6.54 Å². The largest absolute Gasteiger partial charge is 0.493 e. The SMILES string of the molecule is COc1cc2ncnc(-c3nnnn3Cc3cccc(N)c3)c2cc1OC. The minimum Gasteiger partial charge on any atom is -0.493 e. The predicted octanol–water partition coefficient (Wildman–Crippen LogP) is 1.93. The van der Waals surface area contributed by atoms with Crippen molar-refractivity contribution in [3.63, 3.8) is 0 Å². The van der Waals surface area contributed by atoms with Crippen LogP contribution in [0, 0.1) is 0 Å². The predicted molar refractivity (Wildman–Crippen MR) is 99.4 cm³/mol. The van der Waals surface area contributed by atoms with Crippen LogP contribution in [0.4, 0.5) is 5.69 Å². The van der Waals surface area contributed by atoms with Gasteiger partial charge in [-0.05, 0) is 34.2 Å². The van der Waals surface area contributed by atoms with Gasteiger partial charge in [0.05, 0.1) is 26.3 Å². The highest BCUT2D eigenvalue weighted by Gasteiger charge is 2.17. The molecule has 0 radical (unpaired) electrons. The van der Waals surface area contributed by atoms with Crippen LogP contribution in [0.1, 0.15) is 5.56 Å². The molecule has 0 bridgehead atoms. The van der Waals surface area contributed by atoms with E-state index >= 15 is 0 Å². The molecule has 4 rings (SSSR count). The standard InChI is InChI=1S/C18H17N7O2/c1-26-15-7-13-14(8-16(15)27-2)20-10-21-17(13)18-22-23-24-25(18)9-11-4-3-5-12(19)6-11/h3-8,10H,9,19H2,1-2H3. The van der Waals surface area contributed by atoms with E-state index in [0.717, 1.165) is 10.9 Å². The Hall–Kier alpha value is -3.75. The minimum atomic E-state index is 0.464. The highest BCUT2D eigenvalue weighted by Crippen LogP contribution is 2.34. The molecule has 0 aliphatic rings. The number of rotatable bonds is 5. The fourth-order valence-electron chi connectivity index (χ4n) is 2.91. The summed E-state index contributed by atoms with van der Waals surface area (Å²) in [7, 11) is 3.16. The molecule has 0 amide bonds. The number of fused-ring (bicyclic) bond motifs is 1. The average Bonchev–Trinajstić information content (AvgIpc) is 3.14. The lowest BCUT2D eigenvalue weighted by atomic mass is 10.1. The molecule has 2 N–H and O–H groups in total. The van der Waals surface area contributed by atoms with Gasteiger partial charge in [-0.2, -0.15) is 0 Å². The Morgan fingerprint density at radius 2 is 1.85 bits per heavy atom. The number of aromatic nitrogens is 6. The molecule has 2 aromatic heterocycles. The van der Waals surface area contributed by atoms with Crippen LogP contribution in [0.15, 0.2) is 42.7 Å². The molecule has 0 aliphatic heterocycles. The zero-order valence-corrected chi connectivity index (χ0v) is 14.8. The summed E-state index contributed by atoms with van der Waals surface area (Å²) in [5, 5.41) is 12.8. The molecule has 2 aromatic carbocycles. The highest BCUT2D eigenvalue weighted by molar-refractivity contribution is 5.92. The van der Waals surface area contributed by atoms with E-state index < -0.39 is 0 Å². The van der Waals surface area contributed by atoms with Gasteiger partial charge in [0.1, 0.15) is 12.0 Å². The van der Waals surface area contributed by atoms with Gasteiger partial charge in [0.15, 0.2) is 11.5 Å². The minimum absolute atomic E-state index is 0.464. The van der Waals surface area contributed by atoms with Gasteiger partial charge in [0.25, 0.3) is 0 Å². The molecule has 0 saturated heterocycles. The fourth-order valence-corrected chi connectivity index (χ4v) is 2.91. The third kappa shape index (κ3) is 3.10. The number of benzene rings is 2. The Labute approximate surface area is 154 Å². The van der Waals surface area contributed by atoms with E-state index in [-0.39, 0.29) is 0 Å². The van der Waals surface area contributed by atoms with E-state index in [4.69, 9.17) is 15.2 Å². The first-order valence-electron chi connectivity index (χ1n) is 8.17. The second-order valence-electron chi connectivity index (χ2n) is 5.85. The van der Waals surface area contributed by atoms with Crippen molar-refractivity contribution < 1.29 is 9.47 Å². The van der Waals surface area contributed by atoms with Crippen molar-refractivity contribution in [1.82, 2.24) is 30.2 Å². The molecular weight excluding hydrogens is 346 g/mol. The fraction of sp³-hybridized carbons (Fsp3) is 0.167. The Kier molecular flexibility index (Phi) is 4.25. The molecule has 0 fully saturated rings. The zero-order valence-electron chi connectivity index (χ0n) is 14.8. The summed E-state index contributed by atoms with van der Waals surface area (Å²) in [5.74, 6) is 1.70. The smallest absolute Gasteiger partial charge is 0.201 e. The van der Waals surface area contributed by atoms with Gasteiger partial charge in [0.2, 0.25) is 5.82 Å². The van der Waals surface area contributed by atoms with E-state index in [9.17, 15) is 0 Å². The van der Waals surface area contributed by atoms with Crippen LogP contribution in [-0.4, -0.2) is 44.4 Å². The maximum absolute atomic E-state index is 5.86. The number of anilines is 1. The quantitative estimate of drug-likeness (QED) is 0.535. The number of nitrogen functional groups attached to an aromatic ring is 1. The number of methoxy groups -OCH3 is 2. The van der Waals surface area contributed by atoms with Crippen LogP contribution in [0.3, 0.4) is 0 Å². The van der Waals surface area contributed by atoms with E-state index in [2.05, 4.69) is 25.5 Å². The van der Waals surface area contributed by atoms with Crippen LogP contribution in [0.2, 0.25) is 0 Å². The van der Waals surface area contributed by atoms with E-state index in [0.29, 0.717) is 40.8 Å². The number of tetrazole rings is 1. The maximum Gasteiger partial charge on any atom is 0.201 e. The topological polar surface area (TPSA) is 114 Å². The van der Waals surface area contributed by atoms with Gasteiger partial charge < -0.3 is 15.2 Å². The lowest BCUT2D eigenvalue weighted by Crippen LogP contribution is -2.06. The molecule has 136 valence electrons. The number of hydrogen-bond donors (Lipinski definition) is 1. The number of nitrogens with two attached hydrogens (primary N) is 1. The van der Waals surface area contributed by atoms with Crippen molar-refractivity contribution >= 4 is 16.6 Å². The monoisotopic (exact) mass is 363 g/mol. The normalized spacial score (nSPS) is 10.9. The molecule has 2 heterocycles. The van der Waals surface area contributed by atoms with Crippen LogP contribution in [0.5, 0.6) is 11.5 Å². The van der Waals surface area contributed by atoms with Crippen LogP contribution >= 0.6 is 0 Å². The summed E-state index contributed by atoms with van der Waals surface area (Å²) in [4.78, 5) is 8.72. The summed E-state index contributed by atoms with van der Waals surface area (Å²) in [6, 6.07) is 11.2. The van der Waals surface area contributed by atoms with Crippen molar-refractivity contribution in [2.45, 2.75) is 6.54 Å². The van der Waals surface area contributed by atoms with Crippen molar-refractivity contribution in [2.24, 2.45) is 0 Å². The van der Waals surface area contributed by atoms with Gasteiger partial charge in [0, 0.05) is 17.1 Å². The summed E-state index contributed by atoms with van der Waals surface area (Å²) >= 11 is 0. The Morgan fingerprint density at radius 1 is 1.04 bits per heavy atom. The average molecular weight is 363 g/mol. The Morgan fingerprint density at radius 3 is 2.63 bits per heavy atom. The van der Waals surface area contributed by atoms with Crippen molar-refractivity contribution in [3.8, 4) is 23.0 Å². The lowest BCUT2D eigenvalue weighted by Gasteiger charge is -2.11. The third-order valence-electron chi connectivity index (χ3n) is 4.17. The molecule has 0 aliphatic carbocycles. The highest BCUT2D eigenvalue weighted by atomic mass is 16.5. The number of nitrogens with zero attached hydrogens (tertiary/aromatic N) is 6. The number of hydrogen-bond acceptors (Lipinski definition) is 8. The van der Waals surface area contributed by atoms with Crippen molar-refractivity contribution in [2.75, 3.05) is 20.0 Å². The van der Waals surface area contributed by atoms with Gasteiger partial charge >= 0.3 is 0 Å². The molecule has 4 aromatic rings. The van der Waals surface area contributed by atoms with Gasteiger partial charge in [-0.1, -0.05) is 12.1 Å². The van der Waals surface area contributed by atoms with Crippen molar-refractivity contribution in [1.29, 1.82) is 0 Å². The zero-order chi connectivity index (χ0) is 18.8. The Balaban J connectivity index is 1.83. The molecule has 0 spiro atoms. The van der Waals surface area contributed by atoms with Crippen molar-refractivity contribution in [3.05, 3.63) is 48.3 Å². The lowest BCUT2D eigenvalue weighted by molar-refractivity contribution is 0.356. The van der Waals surface area contributed by atoms with Crippen LogP contribution < -0.4 is 15.2 Å². The summed E-state index contributed by atoms with van der Waals surface area (Å²) in [6.45, 7) is 0.464. The molecule has 27 heavy (non-hydrogen) atoms. The third-order valence-corrected chi connectivity index (χ3v) is 4.17. The summed E-state index contributed by atoms with van der Waals surface area (Å²) in [5.41, 5.74) is 8.85. The second-order valence-corrected chi connectivity index (χ2v) is 5.85. The molecule has 0 unspecified atom stereocenters. The first-order valence-corrected chi connectivity index (χ1v) is 8.17.